The second-order valence-corrected chi connectivity index (χ2v) is 8.04. The Hall–Kier alpha value is -2.20. The Balaban J connectivity index is 1.64. The molecule has 3 heterocycles. The zero-order chi connectivity index (χ0) is 18.2. The number of aryl methyl sites for hydroxylation is 2. The maximum absolute atomic E-state index is 12.8. The topological polar surface area (TPSA) is 93.3 Å². The molecule has 1 saturated heterocycles. The van der Waals surface area contributed by atoms with Gasteiger partial charge in [-0.05, 0) is 19.9 Å². The van der Waals surface area contributed by atoms with E-state index in [4.69, 9.17) is 0 Å². The van der Waals surface area contributed by atoms with Crippen molar-refractivity contribution in [3.8, 4) is 0 Å². The lowest BCUT2D eigenvalue weighted by Crippen LogP contribution is -2.51. The first-order chi connectivity index (χ1) is 11.8. The number of nitrogens with zero attached hydrogens (tertiary/aromatic N) is 6. The molecular formula is C15H22N6O3S. The molecule has 1 aliphatic rings. The number of rotatable bonds is 4. The van der Waals surface area contributed by atoms with Crippen molar-refractivity contribution in [1.29, 1.82) is 0 Å². The molecule has 0 spiro atoms. The molecule has 3 rings (SSSR count). The first-order valence-electron chi connectivity index (χ1n) is 8.05. The van der Waals surface area contributed by atoms with Crippen molar-refractivity contribution in [2.45, 2.75) is 25.3 Å². The number of carbonyl (C=O) groups excluding carboxylic acids is 1. The average molecular weight is 366 g/mol. The summed E-state index contributed by atoms with van der Waals surface area (Å²) in [5.74, 6) is -0.0543. The third-order valence-corrected chi connectivity index (χ3v) is 6.61. The van der Waals surface area contributed by atoms with Crippen LogP contribution < -0.4 is 0 Å². The molecule has 1 amide bonds. The van der Waals surface area contributed by atoms with Crippen LogP contribution in [-0.2, 0) is 28.4 Å². The summed E-state index contributed by atoms with van der Waals surface area (Å²) in [6, 6.07) is 1.84. The Bertz CT molecular complexity index is 877. The fourth-order valence-corrected chi connectivity index (χ4v) is 4.45. The zero-order valence-corrected chi connectivity index (χ0v) is 15.4. The number of hydrogen-bond donors (Lipinski definition) is 0. The number of amides is 1. The summed E-state index contributed by atoms with van der Waals surface area (Å²) in [5, 5.41) is 8.12. The third kappa shape index (κ3) is 3.31. The Morgan fingerprint density at radius 2 is 1.84 bits per heavy atom. The minimum atomic E-state index is -3.58. The van der Waals surface area contributed by atoms with Crippen molar-refractivity contribution in [3.63, 3.8) is 0 Å². The summed E-state index contributed by atoms with van der Waals surface area (Å²) in [7, 11) is -1.87. The monoisotopic (exact) mass is 366 g/mol. The van der Waals surface area contributed by atoms with Gasteiger partial charge in [-0.15, -0.1) is 0 Å². The van der Waals surface area contributed by atoms with Gasteiger partial charge in [-0.2, -0.15) is 14.5 Å². The highest BCUT2D eigenvalue weighted by Crippen LogP contribution is 2.20. The molecule has 0 unspecified atom stereocenters. The van der Waals surface area contributed by atoms with Gasteiger partial charge in [-0.3, -0.25) is 14.2 Å². The molecule has 1 fully saturated rings. The van der Waals surface area contributed by atoms with E-state index in [1.807, 2.05) is 13.0 Å². The molecule has 0 N–H and O–H groups in total. The summed E-state index contributed by atoms with van der Waals surface area (Å²) in [6.07, 6.45) is 3.03. The lowest BCUT2D eigenvalue weighted by Gasteiger charge is -2.34. The summed E-state index contributed by atoms with van der Waals surface area (Å²) in [5.41, 5.74) is 1.52. The Morgan fingerprint density at radius 3 is 2.36 bits per heavy atom. The predicted octanol–water partition coefficient (Wildman–Crippen LogP) is -0.233. The minimum absolute atomic E-state index is 0.0543. The normalized spacial score (nSPS) is 16.4. The summed E-state index contributed by atoms with van der Waals surface area (Å²) in [6.45, 7) is 5.09. The van der Waals surface area contributed by atoms with E-state index < -0.39 is 10.0 Å². The molecule has 10 heteroatoms. The van der Waals surface area contributed by atoms with Crippen molar-refractivity contribution in [2.24, 2.45) is 7.05 Å². The van der Waals surface area contributed by atoms with E-state index in [-0.39, 0.29) is 30.4 Å². The van der Waals surface area contributed by atoms with Crippen molar-refractivity contribution in [2.75, 3.05) is 26.2 Å². The molecular weight excluding hydrogens is 344 g/mol. The third-order valence-electron chi connectivity index (χ3n) is 4.61. The molecule has 0 atom stereocenters. The maximum Gasteiger partial charge on any atom is 0.246 e. The van der Waals surface area contributed by atoms with Crippen LogP contribution in [-0.4, -0.2) is 69.3 Å². The smallest absolute Gasteiger partial charge is 0.246 e. The van der Waals surface area contributed by atoms with Crippen molar-refractivity contribution in [3.05, 3.63) is 29.8 Å². The van der Waals surface area contributed by atoms with Crippen LogP contribution in [0, 0.1) is 13.8 Å². The average Bonchev–Trinajstić information content (AvgIpc) is 3.14. The highest BCUT2D eigenvalue weighted by molar-refractivity contribution is 7.89. The quantitative estimate of drug-likeness (QED) is 0.745. The summed E-state index contributed by atoms with van der Waals surface area (Å²) < 4.78 is 30.1. The van der Waals surface area contributed by atoms with Crippen LogP contribution >= 0.6 is 0 Å². The second-order valence-electron chi connectivity index (χ2n) is 6.13. The molecule has 1 aliphatic heterocycles. The Labute approximate surface area is 146 Å². The predicted molar refractivity (Wildman–Crippen MR) is 90.2 cm³/mol. The Kier molecular flexibility index (Phi) is 4.65. The molecule has 0 radical (unpaired) electrons. The van der Waals surface area contributed by atoms with E-state index in [2.05, 4.69) is 10.2 Å². The molecule has 9 nitrogen and oxygen atoms in total. The van der Waals surface area contributed by atoms with Crippen molar-refractivity contribution >= 4 is 15.9 Å². The molecule has 0 aromatic carbocycles. The van der Waals surface area contributed by atoms with E-state index in [9.17, 15) is 13.2 Å². The zero-order valence-electron chi connectivity index (χ0n) is 14.6. The fourth-order valence-electron chi connectivity index (χ4n) is 2.84. The lowest BCUT2D eigenvalue weighted by molar-refractivity contribution is -0.133. The maximum atomic E-state index is 12.8. The van der Waals surface area contributed by atoms with E-state index in [1.54, 1.807) is 34.4 Å². The van der Waals surface area contributed by atoms with Gasteiger partial charge in [0, 0.05) is 45.1 Å². The van der Waals surface area contributed by atoms with Crippen LogP contribution in [0.5, 0.6) is 0 Å². The molecule has 136 valence electrons. The molecule has 2 aromatic heterocycles. The molecule has 25 heavy (non-hydrogen) atoms. The minimum Gasteiger partial charge on any atom is -0.338 e. The van der Waals surface area contributed by atoms with Crippen LogP contribution in [0.4, 0.5) is 0 Å². The SMILES string of the molecule is Cc1c(S(=O)(=O)N2CCN(C(=O)Cn3nccc3C)CC2)cnn1C. The first-order valence-corrected chi connectivity index (χ1v) is 9.49. The second kappa shape index (κ2) is 6.60. The van der Waals surface area contributed by atoms with Crippen LogP contribution in [0.3, 0.4) is 0 Å². The van der Waals surface area contributed by atoms with Crippen LogP contribution in [0.1, 0.15) is 11.4 Å². The van der Waals surface area contributed by atoms with Gasteiger partial charge in [0.2, 0.25) is 15.9 Å². The number of sulfonamides is 1. The highest BCUT2D eigenvalue weighted by Gasteiger charge is 2.32. The van der Waals surface area contributed by atoms with E-state index in [1.165, 1.54) is 10.5 Å². The molecule has 0 saturated carbocycles. The van der Waals surface area contributed by atoms with Crippen LogP contribution in [0.25, 0.3) is 0 Å². The van der Waals surface area contributed by atoms with Gasteiger partial charge < -0.3 is 4.90 Å². The van der Waals surface area contributed by atoms with Gasteiger partial charge in [0.1, 0.15) is 11.4 Å². The van der Waals surface area contributed by atoms with Gasteiger partial charge in [-0.1, -0.05) is 0 Å². The van der Waals surface area contributed by atoms with E-state index in [0.29, 0.717) is 18.8 Å². The van der Waals surface area contributed by atoms with Crippen LogP contribution in [0.15, 0.2) is 23.4 Å². The van der Waals surface area contributed by atoms with E-state index >= 15 is 0 Å². The fraction of sp³-hybridized carbons (Fsp3) is 0.533. The molecule has 2 aromatic rings. The van der Waals surface area contributed by atoms with Crippen molar-refractivity contribution < 1.29 is 13.2 Å². The van der Waals surface area contributed by atoms with Crippen molar-refractivity contribution in [1.82, 2.24) is 28.8 Å². The van der Waals surface area contributed by atoms with Gasteiger partial charge in [0.15, 0.2) is 0 Å². The van der Waals surface area contributed by atoms with Gasteiger partial charge >= 0.3 is 0 Å². The summed E-state index contributed by atoms with van der Waals surface area (Å²) in [4.78, 5) is 14.3. The number of carbonyl (C=O) groups is 1. The highest BCUT2D eigenvalue weighted by atomic mass is 32.2. The summed E-state index contributed by atoms with van der Waals surface area (Å²) >= 11 is 0. The largest absolute Gasteiger partial charge is 0.338 e. The number of aromatic nitrogens is 4. The lowest BCUT2D eigenvalue weighted by atomic mass is 10.3. The van der Waals surface area contributed by atoms with E-state index in [0.717, 1.165) is 5.69 Å². The van der Waals surface area contributed by atoms with Gasteiger partial charge in [0.05, 0.1) is 11.9 Å². The standard InChI is InChI=1S/C15H22N6O3S/c1-12-4-5-16-21(12)11-15(22)19-6-8-20(9-7-19)25(23,24)14-10-17-18(3)13(14)2/h4-5,10H,6-9,11H2,1-3H3. The Morgan fingerprint density at radius 1 is 1.16 bits per heavy atom. The van der Waals surface area contributed by atoms with Crippen LogP contribution in [0.2, 0.25) is 0 Å². The molecule has 0 aliphatic carbocycles. The molecule has 0 bridgehead atoms. The number of piperazine rings is 1. The first kappa shape index (κ1) is 17.6. The number of hydrogen-bond acceptors (Lipinski definition) is 5. The van der Waals surface area contributed by atoms with Gasteiger partial charge in [0.25, 0.3) is 0 Å². The van der Waals surface area contributed by atoms with Gasteiger partial charge in [-0.25, -0.2) is 8.42 Å².